The summed E-state index contributed by atoms with van der Waals surface area (Å²) in [6, 6.07) is 3.68. The molecule has 1 unspecified atom stereocenters. The van der Waals surface area contributed by atoms with Crippen LogP contribution in [0.1, 0.15) is 19.4 Å². The topological polar surface area (TPSA) is 47.9 Å². The van der Waals surface area contributed by atoms with Crippen molar-refractivity contribution < 1.29 is 19.3 Å². The number of rotatable bonds is 6. The van der Waals surface area contributed by atoms with Crippen molar-refractivity contribution in [2.75, 3.05) is 21.3 Å². The Balaban J connectivity index is 3.09. The zero-order valence-electron chi connectivity index (χ0n) is 12.1. The summed E-state index contributed by atoms with van der Waals surface area (Å²) >= 11 is 0. The van der Waals surface area contributed by atoms with Crippen molar-refractivity contribution in [1.29, 1.82) is 0 Å². The number of aliphatic hydroxyl groups is 1. The summed E-state index contributed by atoms with van der Waals surface area (Å²) in [7, 11) is 4.72. The lowest BCUT2D eigenvalue weighted by Gasteiger charge is -2.13. The Hall–Kier alpha value is -1.68. The molecule has 0 aliphatic heterocycles. The molecular weight excluding hydrogens is 244 g/mol. The second-order valence-electron chi connectivity index (χ2n) is 4.55. The average molecular weight is 266 g/mol. The van der Waals surface area contributed by atoms with Gasteiger partial charge >= 0.3 is 0 Å². The fourth-order valence-corrected chi connectivity index (χ4v) is 1.63. The summed E-state index contributed by atoms with van der Waals surface area (Å²) in [6.07, 6.45) is 3.12. The van der Waals surface area contributed by atoms with Gasteiger partial charge in [0.15, 0.2) is 11.5 Å². The Labute approximate surface area is 114 Å². The molecule has 0 fully saturated rings. The monoisotopic (exact) mass is 266 g/mol. The van der Waals surface area contributed by atoms with E-state index in [9.17, 15) is 5.11 Å². The summed E-state index contributed by atoms with van der Waals surface area (Å²) in [5.41, 5.74) is 0.884. The molecule has 4 nitrogen and oxygen atoms in total. The van der Waals surface area contributed by atoms with Gasteiger partial charge in [0.2, 0.25) is 5.75 Å². The lowest BCUT2D eigenvalue weighted by atomic mass is 10.1. The molecule has 1 N–H and O–H groups in total. The van der Waals surface area contributed by atoms with Crippen LogP contribution in [0, 0.1) is 5.92 Å². The molecule has 0 bridgehead atoms. The second kappa shape index (κ2) is 7.04. The van der Waals surface area contributed by atoms with E-state index in [1.165, 1.54) is 0 Å². The smallest absolute Gasteiger partial charge is 0.203 e. The van der Waals surface area contributed by atoms with E-state index in [1.807, 2.05) is 32.1 Å². The first-order chi connectivity index (χ1) is 9.03. The summed E-state index contributed by atoms with van der Waals surface area (Å²) in [5.74, 6) is 1.94. The molecule has 0 heterocycles. The molecule has 0 radical (unpaired) electrons. The Morgan fingerprint density at radius 2 is 1.53 bits per heavy atom. The lowest BCUT2D eigenvalue weighted by molar-refractivity contribution is 0.173. The molecule has 0 saturated heterocycles. The molecule has 19 heavy (non-hydrogen) atoms. The van der Waals surface area contributed by atoms with E-state index in [0.717, 1.165) is 5.56 Å². The van der Waals surface area contributed by atoms with Gasteiger partial charge in [0.1, 0.15) is 0 Å². The molecule has 0 spiro atoms. The van der Waals surface area contributed by atoms with E-state index in [1.54, 1.807) is 27.4 Å². The van der Waals surface area contributed by atoms with Crippen LogP contribution >= 0.6 is 0 Å². The van der Waals surface area contributed by atoms with Crippen LogP contribution in [0.15, 0.2) is 18.2 Å². The van der Waals surface area contributed by atoms with Gasteiger partial charge in [0, 0.05) is 0 Å². The fourth-order valence-electron chi connectivity index (χ4n) is 1.63. The third-order valence-corrected chi connectivity index (χ3v) is 2.86. The fraction of sp³-hybridized carbons (Fsp3) is 0.467. The highest BCUT2D eigenvalue weighted by molar-refractivity contribution is 5.62. The van der Waals surface area contributed by atoms with E-state index < -0.39 is 6.10 Å². The molecule has 4 heteroatoms. The van der Waals surface area contributed by atoms with Crippen molar-refractivity contribution in [3.8, 4) is 17.2 Å². The normalized spacial score (nSPS) is 12.8. The van der Waals surface area contributed by atoms with Crippen LogP contribution in [-0.4, -0.2) is 32.5 Å². The molecule has 1 rings (SSSR count). The minimum absolute atomic E-state index is 0.179. The van der Waals surface area contributed by atoms with Crippen molar-refractivity contribution in [3.63, 3.8) is 0 Å². The summed E-state index contributed by atoms with van der Waals surface area (Å²) in [4.78, 5) is 0. The molecule has 1 aromatic rings. The lowest BCUT2D eigenvalue weighted by Crippen LogP contribution is -2.10. The molecule has 1 atom stereocenters. The third kappa shape index (κ3) is 3.89. The third-order valence-electron chi connectivity index (χ3n) is 2.86. The summed E-state index contributed by atoms with van der Waals surface area (Å²) in [6.45, 7) is 3.92. The number of hydrogen-bond acceptors (Lipinski definition) is 4. The van der Waals surface area contributed by atoms with Gasteiger partial charge in [-0.2, -0.15) is 0 Å². The minimum Gasteiger partial charge on any atom is -0.493 e. The zero-order chi connectivity index (χ0) is 14.4. The highest BCUT2D eigenvalue weighted by atomic mass is 16.5. The van der Waals surface area contributed by atoms with Gasteiger partial charge < -0.3 is 19.3 Å². The maximum atomic E-state index is 9.77. The van der Waals surface area contributed by atoms with E-state index in [2.05, 4.69) is 0 Å². The first-order valence-electron chi connectivity index (χ1n) is 6.19. The van der Waals surface area contributed by atoms with E-state index >= 15 is 0 Å². The summed E-state index contributed by atoms with van der Waals surface area (Å²) in [5, 5.41) is 9.77. The van der Waals surface area contributed by atoms with Crippen LogP contribution < -0.4 is 14.2 Å². The predicted octanol–water partition coefficient (Wildman–Crippen LogP) is 2.74. The number of hydrogen-bond donors (Lipinski definition) is 1. The van der Waals surface area contributed by atoms with Gasteiger partial charge in [0.05, 0.1) is 27.4 Å². The Morgan fingerprint density at radius 1 is 1.00 bits per heavy atom. The van der Waals surface area contributed by atoms with Crippen molar-refractivity contribution in [2.45, 2.75) is 20.0 Å². The maximum Gasteiger partial charge on any atom is 0.203 e. The summed E-state index contributed by atoms with van der Waals surface area (Å²) < 4.78 is 15.8. The number of methoxy groups -OCH3 is 3. The van der Waals surface area contributed by atoms with Crippen molar-refractivity contribution >= 4 is 6.08 Å². The van der Waals surface area contributed by atoms with Gasteiger partial charge in [-0.25, -0.2) is 0 Å². The second-order valence-corrected chi connectivity index (χ2v) is 4.55. The van der Waals surface area contributed by atoms with Gasteiger partial charge in [-0.3, -0.25) is 0 Å². The van der Waals surface area contributed by atoms with E-state index in [-0.39, 0.29) is 5.92 Å². The molecule has 0 saturated carbocycles. The Kier molecular flexibility index (Phi) is 5.70. The molecule has 0 amide bonds. The van der Waals surface area contributed by atoms with Crippen LogP contribution in [0.3, 0.4) is 0 Å². The maximum absolute atomic E-state index is 9.77. The minimum atomic E-state index is -0.473. The SMILES string of the molecule is COc1cc(/C=C/C(O)C(C)C)cc(OC)c1OC. The first-order valence-corrected chi connectivity index (χ1v) is 6.19. The number of benzene rings is 1. The van der Waals surface area contributed by atoms with Gasteiger partial charge in [-0.15, -0.1) is 0 Å². The molecule has 0 aromatic heterocycles. The van der Waals surface area contributed by atoms with Crippen molar-refractivity contribution in [1.82, 2.24) is 0 Å². The average Bonchev–Trinajstić information content (AvgIpc) is 2.42. The Morgan fingerprint density at radius 3 is 1.89 bits per heavy atom. The first kappa shape index (κ1) is 15.4. The molecule has 106 valence electrons. The van der Waals surface area contributed by atoms with E-state index in [4.69, 9.17) is 14.2 Å². The standard InChI is InChI=1S/C15H22O4/c1-10(2)12(16)7-6-11-8-13(17-3)15(19-5)14(9-11)18-4/h6-10,12,16H,1-5H3/b7-6+. The zero-order valence-corrected chi connectivity index (χ0v) is 12.1. The Bertz CT molecular complexity index is 413. The van der Waals surface area contributed by atoms with Gasteiger partial charge in [-0.1, -0.05) is 26.0 Å². The van der Waals surface area contributed by atoms with Crippen molar-refractivity contribution in [2.24, 2.45) is 5.92 Å². The predicted molar refractivity (Wildman–Crippen MR) is 76.0 cm³/mol. The quantitative estimate of drug-likeness (QED) is 0.860. The highest BCUT2D eigenvalue weighted by Crippen LogP contribution is 2.38. The van der Waals surface area contributed by atoms with Crippen LogP contribution in [0.5, 0.6) is 17.2 Å². The van der Waals surface area contributed by atoms with Crippen LogP contribution in [0.2, 0.25) is 0 Å². The van der Waals surface area contributed by atoms with Gasteiger partial charge in [0.25, 0.3) is 0 Å². The largest absolute Gasteiger partial charge is 0.493 e. The molecular formula is C15H22O4. The number of aliphatic hydroxyl groups excluding tert-OH is 1. The molecule has 0 aliphatic rings. The van der Waals surface area contributed by atoms with Crippen LogP contribution in [0.25, 0.3) is 6.08 Å². The molecule has 1 aromatic carbocycles. The molecule has 0 aliphatic carbocycles. The van der Waals surface area contributed by atoms with E-state index in [0.29, 0.717) is 17.2 Å². The van der Waals surface area contributed by atoms with Crippen LogP contribution in [0.4, 0.5) is 0 Å². The van der Waals surface area contributed by atoms with Crippen molar-refractivity contribution in [3.05, 3.63) is 23.8 Å². The van der Waals surface area contributed by atoms with Gasteiger partial charge in [-0.05, 0) is 23.6 Å². The highest BCUT2D eigenvalue weighted by Gasteiger charge is 2.12. The number of ether oxygens (including phenoxy) is 3. The van der Waals surface area contributed by atoms with Crippen LogP contribution in [-0.2, 0) is 0 Å².